The van der Waals surface area contributed by atoms with Crippen LogP contribution in [-0.2, 0) is 19.8 Å². The van der Waals surface area contributed by atoms with Gasteiger partial charge in [0.15, 0.2) is 0 Å². The quantitative estimate of drug-likeness (QED) is 0.460. The van der Waals surface area contributed by atoms with Crippen molar-refractivity contribution in [2.24, 2.45) is 0 Å². The number of rotatable bonds is 5. The second kappa shape index (κ2) is 10.2. The Kier molecular flexibility index (Phi) is 7.06. The Labute approximate surface area is 212 Å². The molecule has 2 N–H and O–H groups in total. The summed E-state index contributed by atoms with van der Waals surface area (Å²) in [4.78, 5) is 40.7. The van der Waals surface area contributed by atoms with Gasteiger partial charge in [-0.3, -0.25) is 19.3 Å². The normalized spacial score (nSPS) is 15.4. The number of aryl methyl sites for hydroxylation is 1. The van der Waals surface area contributed by atoms with E-state index in [4.69, 9.17) is 0 Å². The fourth-order valence-corrected chi connectivity index (χ4v) is 4.11. The summed E-state index contributed by atoms with van der Waals surface area (Å²) >= 11 is 0. The van der Waals surface area contributed by atoms with Gasteiger partial charge in [-0.2, -0.15) is 0 Å². The third-order valence-corrected chi connectivity index (χ3v) is 6.18. The molecule has 1 aliphatic heterocycles. The highest BCUT2D eigenvalue weighted by molar-refractivity contribution is 6.16. The molecule has 0 saturated carbocycles. The molecule has 0 aromatic heterocycles. The molecular weight excluding hydrogens is 450 g/mol. The minimum absolute atomic E-state index is 0.0370. The van der Waals surface area contributed by atoms with Gasteiger partial charge in [0.1, 0.15) is 6.04 Å². The van der Waals surface area contributed by atoms with Gasteiger partial charge in [-0.1, -0.05) is 74.9 Å². The summed E-state index contributed by atoms with van der Waals surface area (Å²) in [7, 11) is 0. The van der Waals surface area contributed by atoms with E-state index in [-0.39, 0.29) is 23.7 Å². The first-order valence-corrected chi connectivity index (χ1v) is 12.0. The first kappa shape index (κ1) is 24.9. The molecule has 0 fully saturated rings. The molecule has 1 atom stereocenters. The molecule has 0 unspecified atom stereocenters. The van der Waals surface area contributed by atoms with Gasteiger partial charge in [0.25, 0.3) is 5.91 Å². The van der Waals surface area contributed by atoms with Crippen LogP contribution in [0.5, 0.6) is 0 Å². The van der Waals surface area contributed by atoms with E-state index in [0.717, 1.165) is 11.1 Å². The number of nitrogens with zero attached hydrogens (tertiary/aromatic N) is 1. The molecule has 4 rings (SSSR count). The fourth-order valence-electron chi connectivity index (χ4n) is 4.11. The third-order valence-electron chi connectivity index (χ3n) is 6.18. The van der Waals surface area contributed by atoms with Gasteiger partial charge in [0.05, 0.1) is 17.8 Å². The largest absolute Gasteiger partial charge is 0.326 e. The number of nitrogens with one attached hydrogen (secondary N) is 2. The van der Waals surface area contributed by atoms with Crippen molar-refractivity contribution in [2.75, 3.05) is 15.5 Å². The van der Waals surface area contributed by atoms with Crippen LogP contribution in [0.4, 0.5) is 17.1 Å². The zero-order valence-electron chi connectivity index (χ0n) is 21.0. The van der Waals surface area contributed by atoms with Crippen molar-refractivity contribution in [3.05, 3.63) is 95.6 Å². The van der Waals surface area contributed by atoms with Gasteiger partial charge in [0.2, 0.25) is 11.8 Å². The Hall–Kier alpha value is -4.19. The molecule has 1 heterocycles. The van der Waals surface area contributed by atoms with Gasteiger partial charge < -0.3 is 10.6 Å². The van der Waals surface area contributed by atoms with Crippen LogP contribution in [0.15, 0.2) is 78.9 Å². The van der Waals surface area contributed by atoms with Crippen molar-refractivity contribution in [1.82, 2.24) is 0 Å². The second-order valence-electron chi connectivity index (χ2n) is 10.1. The number of benzene rings is 3. The minimum atomic E-state index is -0.981. The van der Waals surface area contributed by atoms with Crippen molar-refractivity contribution < 1.29 is 14.4 Å². The standard InChI is InChI=1S/C30H31N3O3/c1-20-9-16-23(17-10-20)31-27(34)19-26-29(36)32-24-7-5-6-8-25(24)33(26)28(35)18-13-21-11-14-22(15-12-21)30(2,3)4/h5-18,26H,19H2,1-4H3,(H,31,34)(H,32,36)/b18-13+/t26-/m0/s1. The van der Waals surface area contributed by atoms with E-state index in [1.807, 2.05) is 43.3 Å². The lowest BCUT2D eigenvalue weighted by atomic mass is 9.87. The van der Waals surface area contributed by atoms with Crippen LogP contribution in [0, 0.1) is 6.92 Å². The predicted octanol–water partition coefficient (Wildman–Crippen LogP) is 5.69. The molecular formula is C30H31N3O3. The molecule has 6 nitrogen and oxygen atoms in total. The molecule has 0 saturated heterocycles. The summed E-state index contributed by atoms with van der Waals surface area (Å²) in [5.74, 6) is -1.12. The maximum Gasteiger partial charge on any atom is 0.251 e. The molecule has 1 aliphatic rings. The van der Waals surface area contributed by atoms with E-state index in [1.54, 1.807) is 42.5 Å². The molecule has 3 aromatic carbocycles. The first-order valence-electron chi connectivity index (χ1n) is 12.0. The van der Waals surface area contributed by atoms with Gasteiger partial charge in [-0.25, -0.2) is 0 Å². The number of carbonyl (C=O) groups is 3. The number of hydrogen-bond acceptors (Lipinski definition) is 3. The fraction of sp³-hybridized carbons (Fsp3) is 0.233. The van der Waals surface area contributed by atoms with E-state index in [2.05, 4.69) is 31.4 Å². The van der Waals surface area contributed by atoms with Crippen LogP contribution in [0.3, 0.4) is 0 Å². The van der Waals surface area contributed by atoms with Crippen LogP contribution in [0.1, 0.15) is 43.9 Å². The van der Waals surface area contributed by atoms with Crippen LogP contribution in [0.2, 0.25) is 0 Å². The Bertz CT molecular complexity index is 1300. The second-order valence-corrected chi connectivity index (χ2v) is 10.1. The average Bonchev–Trinajstić information content (AvgIpc) is 2.84. The highest BCUT2D eigenvalue weighted by Crippen LogP contribution is 2.33. The van der Waals surface area contributed by atoms with Crippen molar-refractivity contribution in [3.8, 4) is 0 Å². The van der Waals surface area contributed by atoms with Crippen molar-refractivity contribution >= 4 is 40.9 Å². The zero-order chi connectivity index (χ0) is 25.9. The maximum atomic E-state index is 13.4. The SMILES string of the molecule is Cc1ccc(NC(=O)C[C@H]2C(=O)Nc3ccccc3N2C(=O)/C=C/c2ccc(C(C)(C)C)cc2)cc1. The smallest absolute Gasteiger partial charge is 0.251 e. The van der Waals surface area contributed by atoms with Crippen LogP contribution in [-0.4, -0.2) is 23.8 Å². The lowest BCUT2D eigenvalue weighted by Crippen LogP contribution is -2.52. The lowest BCUT2D eigenvalue weighted by Gasteiger charge is -2.35. The summed E-state index contributed by atoms with van der Waals surface area (Å²) in [5.41, 5.74) is 4.92. The third kappa shape index (κ3) is 5.71. The first-order chi connectivity index (χ1) is 17.1. The summed E-state index contributed by atoms with van der Waals surface area (Å²) < 4.78 is 0. The van der Waals surface area contributed by atoms with E-state index < -0.39 is 11.9 Å². The molecule has 0 bridgehead atoms. The predicted molar refractivity (Wildman–Crippen MR) is 145 cm³/mol. The van der Waals surface area contributed by atoms with Gasteiger partial charge in [-0.15, -0.1) is 0 Å². The van der Waals surface area contributed by atoms with E-state index in [0.29, 0.717) is 17.1 Å². The molecule has 0 aliphatic carbocycles. The number of para-hydroxylation sites is 2. The Balaban J connectivity index is 1.57. The summed E-state index contributed by atoms with van der Waals surface area (Å²) in [6.45, 7) is 8.41. The zero-order valence-corrected chi connectivity index (χ0v) is 21.0. The van der Waals surface area contributed by atoms with E-state index in [9.17, 15) is 14.4 Å². The average molecular weight is 482 g/mol. The van der Waals surface area contributed by atoms with E-state index in [1.165, 1.54) is 16.5 Å². The molecule has 36 heavy (non-hydrogen) atoms. The number of anilines is 3. The maximum absolute atomic E-state index is 13.4. The summed E-state index contributed by atoms with van der Waals surface area (Å²) in [6, 6.07) is 21.6. The lowest BCUT2D eigenvalue weighted by molar-refractivity contribution is -0.124. The van der Waals surface area contributed by atoms with Crippen molar-refractivity contribution in [1.29, 1.82) is 0 Å². The Morgan fingerprint density at radius 3 is 2.31 bits per heavy atom. The van der Waals surface area contributed by atoms with Crippen LogP contribution < -0.4 is 15.5 Å². The highest BCUT2D eigenvalue weighted by Gasteiger charge is 2.37. The van der Waals surface area contributed by atoms with Gasteiger partial charge in [0, 0.05) is 11.8 Å². The topological polar surface area (TPSA) is 78.5 Å². The molecule has 0 radical (unpaired) electrons. The molecule has 3 amide bonds. The Morgan fingerprint density at radius 1 is 0.972 bits per heavy atom. The monoisotopic (exact) mass is 481 g/mol. The van der Waals surface area contributed by atoms with E-state index >= 15 is 0 Å². The molecule has 184 valence electrons. The summed E-state index contributed by atoms with van der Waals surface area (Å²) in [5, 5.41) is 5.65. The van der Waals surface area contributed by atoms with Crippen molar-refractivity contribution in [2.45, 2.75) is 45.6 Å². The number of carbonyl (C=O) groups excluding carboxylic acids is 3. The number of hydrogen-bond donors (Lipinski definition) is 2. The molecule has 6 heteroatoms. The number of fused-ring (bicyclic) bond motifs is 1. The molecule has 3 aromatic rings. The van der Waals surface area contributed by atoms with Gasteiger partial charge >= 0.3 is 0 Å². The molecule has 0 spiro atoms. The minimum Gasteiger partial charge on any atom is -0.326 e. The van der Waals surface area contributed by atoms with Crippen molar-refractivity contribution in [3.63, 3.8) is 0 Å². The Morgan fingerprint density at radius 2 is 1.64 bits per heavy atom. The van der Waals surface area contributed by atoms with Crippen LogP contribution >= 0.6 is 0 Å². The number of amides is 3. The summed E-state index contributed by atoms with van der Waals surface area (Å²) in [6.07, 6.45) is 3.01. The van der Waals surface area contributed by atoms with Crippen LogP contribution in [0.25, 0.3) is 6.08 Å². The highest BCUT2D eigenvalue weighted by atomic mass is 16.2. The van der Waals surface area contributed by atoms with Gasteiger partial charge in [-0.05, 0) is 53.8 Å².